The van der Waals surface area contributed by atoms with Gasteiger partial charge >= 0.3 is 6.18 Å². The summed E-state index contributed by atoms with van der Waals surface area (Å²) in [7, 11) is 0. The topological polar surface area (TPSA) is 42.1 Å². The Balaban J connectivity index is 3.19. The van der Waals surface area contributed by atoms with Gasteiger partial charge in [0.25, 0.3) is 0 Å². The molecule has 0 saturated carbocycles. The summed E-state index contributed by atoms with van der Waals surface area (Å²) in [5, 5.41) is 0. The van der Waals surface area contributed by atoms with E-state index in [1.165, 1.54) is 6.20 Å². The lowest BCUT2D eigenvalue weighted by atomic mass is 10.1. The van der Waals surface area contributed by atoms with Crippen LogP contribution in [-0.2, 0) is 6.18 Å². The number of thiocarbonyl (C=S) groups is 1. The van der Waals surface area contributed by atoms with Crippen LogP contribution in [0.2, 0.25) is 0 Å². The van der Waals surface area contributed by atoms with Crippen LogP contribution < -0.4 is 10.6 Å². The first-order chi connectivity index (χ1) is 9.61. The Morgan fingerprint density at radius 1 is 1.48 bits per heavy atom. The molecule has 0 radical (unpaired) electrons. The van der Waals surface area contributed by atoms with E-state index in [9.17, 15) is 13.2 Å². The van der Waals surface area contributed by atoms with Gasteiger partial charge in [-0.15, -0.1) is 0 Å². The third kappa shape index (κ3) is 5.78. The lowest BCUT2D eigenvalue weighted by Gasteiger charge is -2.28. The number of hydrogen-bond donors (Lipinski definition) is 1. The molecular formula is C13H17BrF3N3S. The number of rotatable bonds is 6. The van der Waals surface area contributed by atoms with Crippen molar-refractivity contribution < 1.29 is 13.2 Å². The van der Waals surface area contributed by atoms with Crippen molar-refractivity contribution in [1.82, 2.24) is 4.98 Å². The van der Waals surface area contributed by atoms with E-state index in [0.29, 0.717) is 19.5 Å². The highest BCUT2D eigenvalue weighted by Gasteiger charge is 2.36. The Bertz CT molecular complexity index is 506. The molecule has 21 heavy (non-hydrogen) atoms. The minimum Gasteiger partial charge on any atom is -0.393 e. The quantitative estimate of drug-likeness (QED) is 0.753. The van der Waals surface area contributed by atoms with Crippen LogP contribution in [0.25, 0.3) is 0 Å². The van der Waals surface area contributed by atoms with Gasteiger partial charge in [0.15, 0.2) is 0 Å². The summed E-state index contributed by atoms with van der Waals surface area (Å²) in [4.78, 5) is 5.81. The molecule has 1 heterocycles. The van der Waals surface area contributed by atoms with Crippen LogP contribution in [0.3, 0.4) is 0 Å². The second-order valence-electron chi connectivity index (χ2n) is 5.08. The molecule has 0 aliphatic rings. The largest absolute Gasteiger partial charge is 0.419 e. The summed E-state index contributed by atoms with van der Waals surface area (Å²) >= 11 is 7.83. The Morgan fingerprint density at radius 3 is 2.57 bits per heavy atom. The molecule has 0 aliphatic carbocycles. The van der Waals surface area contributed by atoms with Gasteiger partial charge in [-0.25, -0.2) is 4.98 Å². The van der Waals surface area contributed by atoms with Crippen LogP contribution in [0.15, 0.2) is 16.7 Å². The molecule has 8 heteroatoms. The zero-order chi connectivity index (χ0) is 16.2. The van der Waals surface area contributed by atoms with Crippen molar-refractivity contribution in [2.24, 2.45) is 11.7 Å². The standard InChI is InChI=1S/C13H17BrF3N3S/c1-8(2)7-20(4-3-11(18)21)12-10(13(15,16)17)5-9(14)6-19-12/h5-6,8H,3-4,7H2,1-2H3,(H2,18,21). The number of hydrogen-bond acceptors (Lipinski definition) is 3. The number of aromatic nitrogens is 1. The zero-order valence-electron chi connectivity index (χ0n) is 11.7. The first-order valence-electron chi connectivity index (χ1n) is 6.37. The van der Waals surface area contributed by atoms with Gasteiger partial charge in [0.2, 0.25) is 0 Å². The van der Waals surface area contributed by atoms with Crippen molar-refractivity contribution in [3.63, 3.8) is 0 Å². The Morgan fingerprint density at radius 2 is 2.10 bits per heavy atom. The van der Waals surface area contributed by atoms with Gasteiger partial charge < -0.3 is 10.6 Å². The molecule has 1 rings (SSSR count). The van der Waals surface area contributed by atoms with Crippen molar-refractivity contribution >= 4 is 39.0 Å². The minimum atomic E-state index is -4.47. The Hall–Kier alpha value is -0.890. The molecule has 0 fully saturated rings. The molecule has 1 aromatic rings. The number of nitrogens with two attached hydrogens (primary N) is 1. The van der Waals surface area contributed by atoms with E-state index in [4.69, 9.17) is 18.0 Å². The van der Waals surface area contributed by atoms with E-state index in [1.807, 2.05) is 13.8 Å². The summed E-state index contributed by atoms with van der Waals surface area (Å²) in [6, 6.07) is 1.04. The van der Waals surface area contributed by atoms with Gasteiger partial charge in [-0.3, -0.25) is 0 Å². The summed E-state index contributed by atoms with van der Waals surface area (Å²) in [5.41, 5.74) is 4.69. The average molecular weight is 384 g/mol. The fraction of sp³-hybridized carbons (Fsp3) is 0.538. The number of alkyl halides is 3. The van der Waals surface area contributed by atoms with Crippen LogP contribution in [0.1, 0.15) is 25.8 Å². The van der Waals surface area contributed by atoms with Crippen LogP contribution in [0.5, 0.6) is 0 Å². The van der Waals surface area contributed by atoms with Gasteiger partial charge in [-0.1, -0.05) is 26.1 Å². The van der Waals surface area contributed by atoms with E-state index >= 15 is 0 Å². The highest BCUT2D eigenvalue weighted by atomic mass is 79.9. The molecule has 0 unspecified atom stereocenters. The molecule has 0 saturated heterocycles. The van der Waals surface area contributed by atoms with Crippen LogP contribution in [0.4, 0.5) is 19.0 Å². The predicted molar refractivity (Wildman–Crippen MR) is 85.4 cm³/mol. The number of pyridine rings is 1. The van der Waals surface area contributed by atoms with E-state index in [0.717, 1.165) is 6.07 Å². The van der Waals surface area contributed by atoms with E-state index in [2.05, 4.69) is 20.9 Å². The molecule has 1 aromatic heterocycles. The van der Waals surface area contributed by atoms with Crippen molar-refractivity contribution in [3.05, 3.63) is 22.3 Å². The monoisotopic (exact) mass is 383 g/mol. The molecule has 0 spiro atoms. The maximum absolute atomic E-state index is 13.2. The molecule has 2 N–H and O–H groups in total. The van der Waals surface area contributed by atoms with Crippen molar-refractivity contribution in [1.29, 1.82) is 0 Å². The smallest absolute Gasteiger partial charge is 0.393 e. The highest BCUT2D eigenvalue weighted by molar-refractivity contribution is 9.10. The molecular weight excluding hydrogens is 367 g/mol. The van der Waals surface area contributed by atoms with E-state index < -0.39 is 11.7 Å². The van der Waals surface area contributed by atoms with E-state index in [-0.39, 0.29) is 21.2 Å². The fourth-order valence-corrected chi connectivity index (χ4v) is 2.28. The Labute approximate surface area is 135 Å². The van der Waals surface area contributed by atoms with Gasteiger partial charge in [0.1, 0.15) is 5.82 Å². The lowest BCUT2D eigenvalue weighted by Crippen LogP contribution is -2.33. The number of nitrogens with zero attached hydrogens (tertiary/aromatic N) is 2. The summed E-state index contributed by atoms with van der Waals surface area (Å²) < 4.78 is 39.9. The SMILES string of the molecule is CC(C)CN(CCC(N)=S)c1ncc(Br)cc1C(F)(F)F. The van der Waals surface area contributed by atoms with Crippen LogP contribution >= 0.6 is 28.1 Å². The second kappa shape index (κ2) is 7.40. The number of anilines is 1. The molecule has 0 amide bonds. The number of halogens is 4. The molecule has 0 bridgehead atoms. The second-order valence-corrected chi connectivity index (χ2v) is 6.52. The van der Waals surface area contributed by atoms with Crippen molar-refractivity contribution in [3.8, 4) is 0 Å². The van der Waals surface area contributed by atoms with Gasteiger partial charge in [0.05, 0.1) is 10.6 Å². The third-order valence-electron chi connectivity index (χ3n) is 2.65. The van der Waals surface area contributed by atoms with Gasteiger partial charge in [0, 0.05) is 30.2 Å². The van der Waals surface area contributed by atoms with Gasteiger partial charge in [-0.05, 0) is 27.9 Å². The van der Waals surface area contributed by atoms with Crippen LogP contribution in [0, 0.1) is 5.92 Å². The summed E-state index contributed by atoms with van der Waals surface area (Å²) in [6.45, 7) is 4.62. The molecule has 0 atom stereocenters. The average Bonchev–Trinajstić information content (AvgIpc) is 2.33. The molecule has 0 aliphatic heterocycles. The van der Waals surface area contributed by atoms with Crippen molar-refractivity contribution in [2.45, 2.75) is 26.4 Å². The molecule has 0 aromatic carbocycles. The van der Waals surface area contributed by atoms with Crippen molar-refractivity contribution in [2.75, 3.05) is 18.0 Å². The third-order valence-corrected chi connectivity index (χ3v) is 3.29. The predicted octanol–water partition coefficient (Wildman–Crippen LogP) is 4.00. The molecule has 3 nitrogen and oxygen atoms in total. The highest BCUT2D eigenvalue weighted by Crippen LogP contribution is 2.37. The first-order valence-corrected chi connectivity index (χ1v) is 7.57. The van der Waals surface area contributed by atoms with Crippen LogP contribution in [-0.4, -0.2) is 23.1 Å². The normalized spacial score (nSPS) is 11.8. The maximum atomic E-state index is 13.2. The fourth-order valence-electron chi connectivity index (χ4n) is 1.86. The maximum Gasteiger partial charge on any atom is 0.419 e. The van der Waals surface area contributed by atoms with E-state index in [1.54, 1.807) is 4.90 Å². The lowest BCUT2D eigenvalue weighted by molar-refractivity contribution is -0.137. The minimum absolute atomic E-state index is 0.0874. The first kappa shape index (κ1) is 18.2. The summed E-state index contributed by atoms with van der Waals surface area (Å²) in [5.74, 6) is 0.0959. The summed E-state index contributed by atoms with van der Waals surface area (Å²) in [6.07, 6.45) is -2.76. The molecule has 118 valence electrons. The zero-order valence-corrected chi connectivity index (χ0v) is 14.1. The Kier molecular flexibility index (Phi) is 6.40. The van der Waals surface area contributed by atoms with Gasteiger partial charge in [-0.2, -0.15) is 13.2 Å².